The van der Waals surface area contributed by atoms with Gasteiger partial charge in [-0.05, 0) is 19.1 Å². The lowest BCUT2D eigenvalue weighted by molar-refractivity contribution is -0.143. The number of benzene rings is 1. The van der Waals surface area contributed by atoms with Crippen LogP contribution in [0.1, 0.15) is 6.92 Å². The Morgan fingerprint density at radius 1 is 1.08 bits per heavy atom. The minimum absolute atomic E-state index is 0.0279. The number of carbonyl (C=O) groups excluding carboxylic acids is 2. The molecule has 1 N–H and O–H groups in total. The Labute approximate surface area is 143 Å². The predicted octanol–water partition coefficient (Wildman–Crippen LogP) is 0.402. The molecule has 1 unspecified atom stereocenters. The maximum absolute atomic E-state index is 12.7. The first-order valence-corrected chi connectivity index (χ1v) is 8.64. The zero-order valence-electron chi connectivity index (χ0n) is 14.4. The number of hydrogen-bond acceptors (Lipinski definition) is 4. The van der Waals surface area contributed by atoms with E-state index >= 15 is 0 Å². The highest BCUT2D eigenvalue weighted by atomic mass is 16.2. The first-order valence-electron chi connectivity index (χ1n) is 8.64. The summed E-state index contributed by atoms with van der Waals surface area (Å²) in [6, 6.07) is 10.2. The monoisotopic (exact) mass is 330 g/mol. The highest BCUT2D eigenvalue weighted by molar-refractivity contribution is 5.83. The lowest BCUT2D eigenvalue weighted by atomic mass is 9.96. The fourth-order valence-electron chi connectivity index (χ4n) is 3.44. The Bertz CT molecular complexity index is 578. The molecule has 6 heteroatoms. The number of nitrogens with zero attached hydrogens (tertiary/aromatic N) is 3. The second-order valence-corrected chi connectivity index (χ2v) is 6.59. The van der Waals surface area contributed by atoms with E-state index < -0.39 is 0 Å². The molecule has 2 aliphatic rings. The molecular formula is C18H26N4O2. The molecule has 2 heterocycles. The predicted molar refractivity (Wildman–Crippen MR) is 93.8 cm³/mol. The number of likely N-dealkylation sites (tertiary alicyclic amines) is 1. The van der Waals surface area contributed by atoms with E-state index in [9.17, 15) is 9.59 Å². The summed E-state index contributed by atoms with van der Waals surface area (Å²) >= 11 is 0. The van der Waals surface area contributed by atoms with Crippen molar-refractivity contribution in [3.05, 3.63) is 30.3 Å². The quantitative estimate of drug-likeness (QED) is 0.868. The van der Waals surface area contributed by atoms with E-state index in [0.717, 1.165) is 26.2 Å². The normalized spacial score (nSPS) is 20.4. The second kappa shape index (κ2) is 7.21. The average molecular weight is 330 g/mol. The Kier molecular flexibility index (Phi) is 5.04. The molecule has 24 heavy (non-hydrogen) atoms. The lowest BCUT2D eigenvalue weighted by Crippen LogP contribution is -2.61. The molecule has 2 aliphatic heterocycles. The molecule has 2 saturated heterocycles. The van der Waals surface area contributed by atoms with Crippen LogP contribution >= 0.6 is 0 Å². The molecule has 0 spiro atoms. The largest absolute Gasteiger partial charge is 0.368 e. The Morgan fingerprint density at radius 2 is 1.71 bits per heavy atom. The molecule has 1 aromatic carbocycles. The third-order valence-electron chi connectivity index (χ3n) is 5.14. The van der Waals surface area contributed by atoms with Gasteiger partial charge in [0.05, 0.1) is 12.0 Å². The van der Waals surface area contributed by atoms with Gasteiger partial charge in [0.25, 0.3) is 0 Å². The van der Waals surface area contributed by atoms with Crippen molar-refractivity contribution in [2.24, 2.45) is 5.92 Å². The van der Waals surface area contributed by atoms with Gasteiger partial charge in [-0.3, -0.25) is 14.5 Å². The number of hydrogen-bond donors (Lipinski definition) is 1. The van der Waals surface area contributed by atoms with Crippen LogP contribution in [0.3, 0.4) is 0 Å². The number of piperazine rings is 1. The van der Waals surface area contributed by atoms with Gasteiger partial charge in [0.15, 0.2) is 0 Å². The van der Waals surface area contributed by atoms with Crippen molar-refractivity contribution in [3.8, 4) is 0 Å². The van der Waals surface area contributed by atoms with E-state index in [1.165, 1.54) is 5.69 Å². The number of carbonyl (C=O) groups is 2. The van der Waals surface area contributed by atoms with E-state index in [1.54, 1.807) is 7.05 Å². The van der Waals surface area contributed by atoms with Crippen LogP contribution in [0.2, 0.25) is 0 Å². The molecular weight excluding hydrogens is 304 g/mol. The number of nitrogens with one attached hydrogen (secondary N) is 1. The first kappa shape index (κ1) is 16.8. The number of para-hydroxylation sites is 1. The van der Waals surface area contributed by atoms with Crippen molar-refractivity contribution < 1.29 is 9.59 Å². The Balaban J connectivity index is 1.48. The number of amides is 2. The van der Waals surface area contributed by atoms with Gasteiger partial charge in [-0.15, -0.1) is 0 Å². The minimum atomic E-state index is -0.144. The number of anilines is 1. The second-order valence-electron chi connectivity index (χ2n) is 6.59. The van der Waals surface area contributed by atoms with Gasteiger partial charge in [0, 0.05) is 52.0 Å². The maximum atomic E-state index is 12.7. The van der Waals surface area contributed by atoms with Gasteiger partial charge in [-0.1, -0.05) is 18.2 Å². The highest BCUT2D eigenvalue weighted by Gasteiger charge is 2.38. The van der Waals surface area contributed by atoms with Gasteiger partial charge in [-0.25, -0.2) is 0 Å². The summed E-state index contributed by atoms with van der Waals surface area (Å²) in [4.78, 5) is 30.6. The maximum Gasteiger partial charge on any atom is 0.239 e. The fraction of sp³-hybridized carbons (Fsp3) is 0.556. The van der Waals surface area contributed by atoms with Crippen molar-refractivity contribution in [1.29, 1.82) is 0 Å². The van der Waals surface area contributed by atoms with Gasteiger partial charge < -0.3 is 15.1 Å². The van der Waals surface area contributed by atoms with Crippen LogP contribution in [0, 0.1) is 5.92 Å². The smallest absolute Gasteiger partial charge is 0.239 e. The van der Waals surface area contributed by atoms with Crippen molar-refractivity contribution in [2.75, 3.05) is 51.2 Å². The molecule has 0 bridgehead atoms. The van der Waals surface area contributed by atoms with Crippen molar-refractivity contribution in [2.45, 2.75) is 13.0 Å². The van der Waals surface area contributed by atoms with Crippen LogP contribution in [-0.4, -0.2) is 74.0 Å². The van der Waals surface area contributed by atoms with Crippen LogP contribution in [-0.2, 0) is 9.59 Å². The molecule has 0 aromatic heterocycles. The van der Waals surface area contributed by atoms with Crippen molar-refractivity contribution in [1.82, 2.24) is 15.1 Å². The summed E-state index contributed by atoms with van der Waals surface area (Å²) in [6.07, 6.45) is 0. The summed E-state index contributed by atoms with van der Waals surface area (Å²) in [6.45, 7) is 6.54. The van der Waals surface area contributed by atoms with Crippen LogP contribution < -0.4 is 10.2 Å². The third kappa shape index (κ3) is 3.38. The summed E-state index contributed by atoms with van der Waals surface area (Å²) < 4.78 is 0. The van der Waals surface area contributed by atoms with Crippen LogP contribution in [0.5, 0.6) is 0 Å². The SMILES string of the molecule is CNC(=O)C1CN(C(C)C(=O)N2CCN(c3ccccc3)CC2)C1. The summed E-state index contributed by atoms with van der Waals surface area (Å²) in [5.41, 5.74) is 1.22. The average Bonchev–Trinajstić information content (AvgIpc) is 2.60. The molecule has 1 aromatic rings. The van der Waals surface area contributed by atoms with Gasteiger partial charge in [0.2, 0.25) is 11.8 Å². The van der Waals surface area contributed by atoms with Crippen molar-refractivity contribution >= 4 is 17.5 Å². The van der Waals surface area contributed by atoms with E-state index in [-0.39, 0.29) is 23.8 Å². The first-order chi connectivity index (χ1) is 11.6. The van der Waals surface area contributed by atoms with E-state index in [2.05, 4.69) is 27.2 Å². The fourth-order valence-corrected chi connectivity index (χ4v) is 3.44. The molecule has 0 saturated carbocycles. The van der Waals surface area contributed by atoms with E-state index in [0.29, 0.717) is 13.1 Å². The zero-order valence-corrected chi connectivity index (χ0v) is 14.4. The molecule has 1 atom stereocenters. The highest BCUT2D eigenvalue weighted by Crippen LogP contribution is 2.21. The molecule has 3 rings (SSSR count). The standard InChI is InChI=1S/C18H26N4O2/c1-14(22-12-15(13-22)17(23)19-2)18(24)21-10-8-20(9-11-21)16-6-4-3-5-7-16/h3-7,14-15H,8-13H2,1-2H3,(H,19,23). The Morgan fingerprint density at radius 3 is 2.29 bits per heavy atom. The third-order valence-corrected chi connectivity index (χ3v) is 5.14. The van der Waals surface area contributed by atoms with E-state index in [4.69, 9.17) is 0 Å². The molecule has 6 nitrogen and oxygen atoms in total. The summed E-state index contributed by atoms with van der Waals surface area (Å²) in [7, 11) is 1.66. The van der Waals surface area contributed by atoms with E-state index in [1.807, 2.05) is 30.0 Å². The van der Waals surface area contributed by atoms with Crippen LogP contribution in [0.25, 0.3) is 0 Å². The summed E-state index contributed by atoms with van der Waals surface area (Å²) in [5.74, 6) is 0.278. The summed E-state index contributed by atoms with van der Waals surface area (Å²) in [5, 5.41) is 2.67. The van der Waals surface area contributed by atoms with Gasteiger partial charge >= 0.3 is 0 Å². The van der Waals surface area contributed by atoms with Crippen molar-refractivity contribution in [3.63, 3.8) is 0 Å². The van der Waals surface area contributed by atoms with Gasteiger partial charge in [0.1, 0.15) is 0 Å². The number of rotatable bonds is 4. The lowest BCUT2D eigenvalue weighted by Gasteiger charge is -2.44. The van der Waals surface area contributed by atoms with Crippen LogP contribution in [0.15, 0.2) is 30.3 Å². The van der Waals surface area contributed by atoms with Gasteiger partial charge in [-0.2, -0.15) is 0 Å². The Hall–Kier alpha value is -2.08. The van der Waals surface area contributed by atoms with Crippen LogP contribution in [0.4, 0.5) is 5.69 Å². The molecule has 0 radical (unpaired) electrons. The molecule has 130 valence electrons. The minimum Gasteiger partial charge on any atom is -0.368 e. The topological polar surface area (TPSA) is 55.9 Å². The zero-order chi connectivity index (χ0) is 17.1. The molecule has 2 fully saturated rings. The molecule has 0 aliphatic carbocycles. The molecule has 2 amide bonds.